The van der Waals surface area contributed by atoms with Crippen molar-refractivity contribution >= 4 is 23.2 Å². The predicted molar refractivity (Wildman–Crippen MR) is 102 cm³/mol. The molecular formula is C20H20ClFN2O3. The molecule has 142 valence electrons. The number of pyridine rings is 1. The van der Waals surface area contributed by atoms with Crippen LogP contribution < -0.4 is 5.32 Å². The van der Waals surface area contributed by atoms with Crippen LogP contribution in [0.4, 0.5) is 10.1 Å². The Morgan fingerprint density at radius 2 is 2.15 bits per heavy atom. The lowest BCUT2D eigenvalue weighted by Gasteiger charge is -2.36. The number of amides is 1. The maximum Gasteiger partial charge on any atom is 0.274 e. The van der Waals surface area contributed by atoms with E-state index in [-0.39, 0.29) is 17.4 Å². The van der Waals surface area contributed by atoms with Crippen LogP contribution in [0, 0.1) is 11.7 Å². The topological polar surface area (TPSA) is 71.5 Å². The lowest BCUT2D eigenvalue weighted by molar-refractivity contribution is 0.0642. The first-order chi connectivity index (χ1) is 12.8. The number of aliphatic hydroxyl groups is 1. The maximum atomic E-state index is 14.6. The zero-order chi connectivity index (χ0) is 19.6. The van der Waals surface area contributed by atoms with Crippen LogP contribution >= 0.6 is 11.6 Å². The number of aliphatic hydroxyl groups excluding tert-OH is 1. The molecule has 2 heterocycles. The number of nitrogens with zero attached hydrogens (tertiary/aromatic N) is 1. The first-order valence-corrected chi connectivity index (χ1v) is 8.86. The van der Waals surface area contributed by atoms with Crippen molar-refractivity contribution in [3.63, 3.8) is 0 Å². The fourth-order valence-electron chi connectivity index (χ4n) is 3.13. The highest BCUT2D eigenvalue weighted by Crippen LogP contribution is 2.39. The van der Waals surface area contributed by atoms with E-state index in [0.717, 1.165) is 0 Å². The molecule has 0 radical (unpaired) electrons. The second-order valence-corrected chi connectivity index (χ2v) is 7.39. The van der Waals surface area contributed by atoms with Crippen molar-refractivity contribution in [1.82, 2.24) is 4.98 Å². The molecule has 1 aromatic heterocycles. The molecule has 1 aliphatic heterocycles. The lowest BCUT2D eigenvalue weighted by Crippen LogP contribution is -2.36. The van der Waals surface area contributed by atoms with E-state index in [2.05, 4.69) is 10.3 Å². The number of halogens is 2. The number of ether oxygens (including phenoxy) is 1. The summed E-state index contributed by atoms with van der Waals surface area (Å²) in [7, 11) is 0. The average Bonchev–Trinajstić information content (AvgIpc) is 2.64. The summed E-state index contributed by atoms with van der Waals surface area (Å²) in [5, 5.41) is 13.4. The molecule has 1 aliphatic rings. The Labute approximate surface area is 161 Å². The van der Waals surface area contributed by atoms with Crippen LogP contribution in [0.15, 0.2) is 48.4 Å². The molecule has 1 amide bonds. The molecule has 0 bridgehead atoms. The van der Waals surface area contributed by atoms with Gasteiger partial charge in [-0.15, -0.1) is 0 Å². The van der Waals surface area contributed by atoms with Crippen molar-refractivity contribution in [3.8, 4) is 0 Å². The Kier molecular flexibility index (Phi) is 5.48. The van der Waals surface area contributed by atoms with Gasteiger partial charge in [0.1, 0.15) is 11.5 Å². The molecule has 0 saturated carbocycles. The molecule has 1 unspecified atom stereocenters. The lowest BCUT2D eigenvalue weighted by atomic mass is 9.72. The van der Waals surface area contributed by atoms with Gasteiger partial charge >= 0.3 is 0 Å². The van der Waals surface area contributed by atoms with Crippen molar-refractivity contribution in [1.29, 1.82) is 0 Å². The summed E-state index contributed by atoms with van der Waals surface area (Å²) in [6.07, 6.45) is 2.97. The summed E-state index contributed by atoms with van der Waals surface area (Å²) < 4.78 is 20.0. The van der Waals surface area contributed by atoms with Crippen molar-refractivity contribution in [3.05, 3.63) is 70.5 Å². The van der Waals surface area contributed by atoms with Crippen molar-refractivity contribution in [2.75, 3.05) is 18.5 Å². The van der Waals surface area contributed by atoms with Gasteiger partial charge in [0, 0.05) is 23.2 Å². The van der Waals surface area contributed by atoms with Crippen LogP contribution in [0.2, 0.25) is 5.02 Å². The number of carbonyl (C=O) groups is 1. The minimum absolute atomic E-state index is 0.186. The Hall–Kier alpha value is -2.44. The van der Waals surface area contributed by atoms with Crippen LogP contribution in [0.5, 0.6) is 0 Å². The summed E-state index contributed by atoms with van der Waals surface area (Å²) in [5.74, 6) is -1.04. The number of aromatic nitrogens is 1. The fraction of sp³-hybridized carbons (Fsp3) is 0.300. The largest absolute Gasteiger partial charge is 0.512 e. The summed E-state index contributed by atoms with van der Waals surface area (Å²) in [4.78, 5) is 16.3. The van der Waals surface area contributed by atoms with Gasteiger partial charge in [-0.3, -0.25) is 4.79 Å². The third-order valence-electron chi connectivity index (χ3n) is 4.80. The SMILES string of the molecule is CC(C)(c1cc(NC(=O)c2ccc(Cl)cn2)ccc1F)C1COCC=C1O. The van der Waals surface area contributed by atoms with Crippen LogP contribution in [-0.4, -0.2) is 29.2 Å². The molecule has 3 rings (SSSR count). The highest BCUT2D eigenvalue weighted by Gasteiger charge is 2.37. The molecule has 27 heavy (non-hydrogen) atoms. The Bertz CT molecular complexity index is 881. The zero-order valence-corrected chi connectivity index (χ0v) is 15.8. The molecule has 2 aromatic rings. The molecule has 0 spiro atoms. The second-order valence-electron chi connectivity index (χ2n) is 6.95. The van der Waals surface area contributed by atoms with Crippen molar-refractivity contribution in [2.24, 2.45) is 5.92 Å². The number of carbonyl (C=O) groups excluding carboxylic acids is 1. The van der Waals surface area contributed by atoms with Crippen LogP contribution in [0.25, 0.3) is 0 Å². The number of nitrogens with one attached hydrogen (secondary N) is 1. The molecule has 0 fully saturated rings. The first kappa shape index (κ1) is 19.3. The number of benzene rings is 1. The minimum atomic E-state index is -0.746. The molecule has 2 N–H and O–H groups in total. The van der Waals surface area contributed by atoms with Gasteiger partial charge in [0.25, 0.3) is 5.91 Å². The molecule has 7 heteroatoms. The van der Waals surface area contributed by atoms with E-state index in [4.69, 9.17) is 16.3 Å². The van der Waals surface area contributed by atoms with Crippen molar-refractivity contribution in [2.45, 2.75) is 19.3 Å². The summed E-state index contributed by atoms with van der Waals surface area (Å²) in [6.45, 7) is 4.30. The number of rotatable bonds is 4. The minimum Gasteiger partial charge on any atom is -0.512 e. The quantitative estimate of drug-likeness (QED) is 0.806. The first-order valence-electron chi connectivity index (χ1n) is 8.48. The summed E-state index contributed by atoms with van der Waals surface area (Å²) in [6, 6.07) is 7.43. The Morgan fingerprint density at radius 3 is 2.81 bits per heavy atom. The molecule has 1 atom stereocenters. The van der Waals surface area contributed by atoms with Gasteiger partial charge in [0.2, 0.25) is 0 Å². The van der Waals surface area contributed by atoms with E-state index in [0.29, 0.717) is 29.5 Å². The third-order valence-corrected chi connectivity index (χ3v) is 5.03. The van der Waals surface area contributed by atoms with E-state index in [1.807, 2.05) is 13.8 Å². The van der Waals surface area contributed by atoms with Gasteiger partial charge in [0.05, 0.1) is 24.0 Å². The van der Waals surface area contributed by atoms with Crippen LogP contribution in [0.3, 0.4) is 0 Å². The zero-order valence-electron chi connectivity index (χ0n) is 15.0. The van der Waals surface area contributed by atoms with E-state index in [9.17, 15) is 14.3 Å². The van der Waals surface area contributed by atoms with E-state index in [1.165, 1.54) is 24.4 Å². The monoisotopic (exact) mass is 390 g/mol. The smallest absolute Gasteiger partial charge is 0.274 e. The van der Waals surface area contributed by atoms with Gasteiger partial charge in [0.15, 0.2) is 0 Å². The predicted octanol–water partition coefficient (Wildman–Crippen LogP) is 4.49. The van der Waals surface area contributed by atoms with E-state index < -0.39 is 17.1 Å². The summed E-state index contributed by atoms with van der Waals surface area (Å²) in [5.41, 5.74) is 0.261. The van der Waals surface area contributed by atoms with Gasteiger partial charge in [-0.25, -0.2) is 9.37 Å². The van der Waals surface area contributed by atoms with Crippen molar-refractivity contribution < 1.29 is 19.0 Å². The van der Waals surface area contributed by atoms with E-state index >= 15 is 0 Å². The fourth-order valence-corrected chi connectivity index (χ4v) is 3.24. The number of anilines is 1. The standard InChI is InChI=1S/C20H20ClFN2O3/c1-20(2,15-11-27-8-7-18(15)25)14-9-13(4-5-16(14)22)24-19(26)17-6-3-12(21)10-23-17/h3-7,9-10,15,25H,8,11H2,1-2H3,(H,24,26). The van der Waals surface area contributed by atoms with Gasteiger partial charge in [-0.2, -0.15) is 0 Å². The second kappa shape index (κ2) is 7.66. The Balaban J connectivity index is 1.87. The van der Waals surface area contributed by atoms with Gasteiger partial charge < -0.3 is 15.2 Å². The van der Waals surface area contributed by atoms with Gasteiger partial charge in [-0.1, -0.05) is 25.4 Å². The van der Waals surface area contributed by atoms with Crippen LogP contribution in [-0.2, 0) is 10.2 Å². The Morgan fingerprint density at radius 1 is 1.37 bits per heavy atom. The molecule has 5 nitrogen and oxygen atoms in total. The molecule has 0 aliphatic carbocycles. The van der Waals surface area contributed by atoms with E-state index in [1.54, 1.807) is 18.2 Å². The third kappa shape index (κ3) is 4.12. The maximum absolute atomic E-state index is 14.6. The summed E-state index contributed by atoms with van der Waals surface area (Å²) >= 11 is 5.78. The molecule has 0 saturated heterocycles. The average molecular weight is 391 g/mol. The number of hydrogen-bond acceptors (Lipinski definition) is 4. The van der Waals surface area contributed by atoms with Crippen LogP contribution in [0.1, 0.15) is 29.9 Å². The molecular weight excluding hydrogens is 371 g/mol. The highest BCUT2D eigenvalue weighted by molar-refractivity contribution is 6.30. The van der Waals surface area contributed by atoms with Gasteiger partial charge in [-0.05, 0) is 42.0 Å². The molecule has 1 aromatic carbocycles. The highest BCUT2D eigenvalue weighted by atomic mass is 35.5. The number of hydrogen-bond donors (Lipinski definition) is 2. The normalized spacial score (nSPS) is 17.3.